The number of benzene rings is 1. The number of hydrogen-bond donors (Lipinski definition) is 2. The van der Waals surface area contributed by atoms with E-state index in [4.69, 9.17) is 5.73 Å². The fourth-order valence-electron chi connectivity index (χ4n) is 1.57. The predicted octanol–water partition coefficient (Wildman–Crippen LogP) is 1.50. The third kappa shape index (κ3) is 2.82. The Hall–Kier alpha value is -2.43. The molecule has 0 unspecified atom stereocenters. The predicted molar refractivity (Wildman–Crippen MR) is 69.1 cm³/mol. The number of nitrogens with two attached hydrogens (primary N) is 1. The number of anilines is 1. The molecule has 2 aromatic rings. The fourth-order valence-corrected chi connectivity index (χ4v) is 1.57. The quantitative estimate of drug-likeness (QED) is 0.851. The number of primary amides is 1. The maximum absolute atomic E-state index is 11.2. The number of amides is 1. The molecule has 92 valence electrons. The number of hydrogen-bond acceptors (Lipinski definition) is 4. The molecule has 0 fully saturated rings. The topological polar surface area (TPSA) is 80.9 Å². The van der Waals surface area contributed by atoms with Crippen LogP contribution in [0.2, 0.25) is 0 Å². The van der Waals surface area contributed by atoms with E-state index in [1.165, 1.54) is 6.20 Å². The number of carbonyl (C=O) groups is 1. The van der Waals surface area contributed by atoms with Crippen LogP contribution in [0, 0.1) is 6.92 Å². The Balaban J connectivity index is 2.18. The Kier molecular flexibility index (Phi) is 3.52. The lowest BCUT2D eigenvalue weighted by Gasteiger charge is -2.09. The maximum Gasteiger partial charge on any atom is 0.254 e. The number of aromatic nitrogens is 2. The van der Waals surface area contributed by atoms with Crippen LogP contribution in [-0.4, -0.2) is 15.9 Å². The first kappa shape index (κ1) is 12.0. The number of aryl methyl sites for hydroxylation is 1. The van der Waals surface area contributed by atoms with Gasteiger partial charge in [-0.3, -0.25) is 4.79 Å². The number of rotatable bonds is 4. The number of carbonyl (C=O) groups excluding carboxylic acids is 1. The summed E-state index contributed by atoms with van der Waals surface area (Å²) in [4.78, 5) is 19.4. The molecule has 0 radical (unpaired) electrons. The molecule has 5 nitrogen and oxygen atoms in total. The Labute approximate surface area is 105 Å². The van der Waals surface area contributed by atoms with Crippen molar-refractivity contribution in [2.24, 2.45) is 5.73 Å². The molecule has 1 aromatic carbocycles. The molecule has 2 rings (SSSR count). The van der Waals surface area contributed by atoms with Gasteiger partial charge < -0.3 is 11.1 Å². The van der Waals surface area contributed by atoms with Gasteiger partial charge in [0.25, 0.3) is 5.91 Å². The van der Waals surface area contributed by atoms with Crippen molar-refractivity contribution in [2.45, 2.75) is 13.5 Å². The summed E-state index contributed by atoms with van der Waals surface area (Å²) in [5.74, 6) is 0.528. The van der Waals surface area contributed by atoms with Gasteiger partial charge in [0.1, 0.15) is 11.6 Å². The highest BCUT2D eigenvalue weighted by molar-refractivity contribution is 5.97. The van der Waals surface area contributed by atoms with Crippen molar-refractivity contribution in [1.29, 1.82) is 0 Å². The second kappa shape index (κ2) is 5.27. The standard InChI is InChI=1S/C13H14N4O/c1-9-15-8-11(12(14)18)13(17-9)16-7-10-5-3-2-4-6-10/h2-6,8H,7H2,1H3,(H2,14,18)(H,15,16,17). The smallest absolute Gasteiger partial charge is 0.254 e. The van der Waals surface area contributed by atoms with Gasteiger partial charge in [-0.05, 0) is 12.5 Å². The minimum absolute atomic E-state index is 0.302. The first-order valence-corrected chi connectivity index (χ1v) is 5.58. The van der Waals surface area contributed by atoms with Gasteiger partial charge in [0.2, 0.25) is 0 Å². The van der Waals surface area contributed by atoms with Crippen LogP contribution in [0.25, 0.3) is 0 Å². The molecule has 0 aliphatic heterocycles. The van der Waals surface area contributed by atoms with E-state index < -0.39 is 5.91 Å². The normalized spacial score (nSPS) is 10.1. The fraction of sp³-hybridized carbons (Fsp3) is 0.154. The van der Waals surface area contributed by atoms with Crippen LogP contribution >= 0.6 is 0 Å². The van der Waals surface area contributed by atoms with Gasteiger partial charge in [0, 0.05) is 12.7 Å². The summed E-state index contributed by atoms with van der Waals surface area (Å²) in [6.07, 6.45) is 1.44. The molecule has 0 saturated heterocycles. The van der Waals surface area contributed by atoms with E-state index in [0.717, 1.165) is 5.56 Å². The van der Waals surface area contributed by atoms with Crippen molar-refractivity contribution in [3.8, 4) is 0 Å². The molecule has 0 spiro atoms. The van der Waals surface area contributed by atoms with E-state index in [1.54, 1.807) is 6.92 Å². The number of nitrogens with zero attached hydrogens (tertiary/aromatic N) is 2. The lowest BCUT2D eigenvalue weighted by molar-refractivity contribution is 0.100. The number of nitrogens with one attached hydrogen (secondary N) is 1. The van der Waals surface area contributed by atoms with Crippen molar-refractivity contribution < 1.29 is 4.79 Å². The maximum atomic E-state index is 11.2. The molecule has 0 aliphatic carbocycles. The average molecular weight is 242 g/mol. The molecule has 1 heterocycles. The van der Waals surface area contributed by atoms with Crippen molar-refractivity contribution in [3.05, 3.63) is 53.5 Å². The molecular formula is C13H14N4O. The van der Waals surface area contributed by atoms with Gasteiger partial charge in [-0.2, -0.15) is 0 Å². The molecule has 0 bridgehead atoms. The second-order valence-corrected chi connectivity index (χ2v) is 3.88. The lowest BCUT2D eigenvalue weighted by Crippen LogP contribution is -2.16. The monoisotopic (exact) mass is 242 g/mol. The molecule has 5 heteroatoms. The molecule has 1 amide bonds. The van der Waals surface area contributed by atoms with Gasteiger partial charge in [-0.15, -0.1) is 0 Å². The van der Waals surface area contributed by atoms with E-state index in [9.17, 15) is 4.79 Å². The summed E-state index contributed by atoms with van der Waals surface area (Å²) in [7, 11) is 0. The van der Waals surface area contributed by atoms with Gasteiger partial charge in [-0.1, -0.05) is 30.3 Å². The molecule has 0 saturated carbocycles. The summed E-state index contributed by atoms with van der Waals surface area (Å²) in [5, 5.41) is 3.10. The van der Waals surface area contributed by atoms with Crippen molar-refractivity contribution in [3.63, 3.8) is 0 Å². The van der Waals surface area contributed by atoms with Crippen LogP contribution in [0.5, 0.6) is 0 Å². The van der Waals surface area contributed by atoms with E-state index in [1.807, 2.05) is 30.3 Å². The van der Waals surface area contributed by atoms with Crippen LogP contribution in [0.4, 0.5) is 5.82 Å². The molecule has 0 atom stereocenters. The third-order valence-corrected chi connectivity index (χ3v) is 2.48. The third-order valence-electron chi connectivity index (χ3n) is 2.48. The average Bonchev–Trinajstić information content (AvgIpc) is 2.37. The first-order chi connectivity index (χ1) is 8.66. The van der Waals surface area contributed by atoms with Crippen molar-refractivity contribution in [2.75, 3.05) is 5.32 Å². The molecular weight excluding hydrogens is 228 g/mol. The Morgan fingerprint density at radius 1 is 1.33 bits per heavy atom. The van der Waals surface area contributed by atoms with Gasteiger partial charge >= 0.3 is 0 Å². The second-order valence-electron chi connectivity index (χ2n) is 3.88. The van der Waals surface area contributed by atoms with Crippen molar-refractivity contribution in [1.82, 2.24) is 9.97 Å². The van der Waals surface area contributed by atoms with Crippen LogP contribution < -0.4 is 11.1 Å². The Morgan fingerprint density at radius 2 is 2.06 bits per heavy atom. The zero-order valence-corrected chi connectivity index (χ0v) is 10.1. The minimum atomic E-state index is -0.537. The SMILES string of the molecule is Cc1ncc(C(N)=O)c(NCc2ccccc2)n1. The molecule has 3 N–H and O–H groups in total. The van der Waals surface area contributed by atoms with Gasteiger partial charge in [-0.25, -0.2) is 9.97 Å². The largest absolute Gasteiger partial charge is 0.365 e. The van der Waals surface area contributed by atoms with Gasteiger partial charge in [0.15, 0.2) is 0 Å². The zero-order valence-electron chi connectivity index (χ0n) is 10.1. The Bertz CT molecular complexity index is 554. The van der Waals surface area contributed by atoms with Crippen LogP contribution in [-0.2, 0) is 6.54 Å². The van der Waals surface area contributed by atoms with Crippen LogP contribution in [0.3, 0.4) is 0 Å². The Morgan fingerprint density at radius 3 is 2.72 bits per heavy atom. The van der Waals surface area contributed by atoms with E-state index in [2.05, 4.69) is 15.3 Å². The van der Waals surface area contributed by atoms with Gasteiger partial charge in [0.05, 0.1) is 5.56 Å². The summed E-state index contributed by atoms with van der Waals surface area (Å²) < 4.78 is 0. The summed E-state index contributed by atoms with van der Waals surface area (Å²) in [5.41, 5.74) is 6.68. The van der Waals surface area contributed by atoms with Crippen LogP contribution in [0.15, 0.2) is 36.5 Å². The highest BCUT2D eigenvalue weighted by atomic mass is 16.1. The van der Waals surface area contributed by atoms with E-state index >= 15 is 0 Å². The zero-order chi connectivity index (χ0) is 13.0. The first-order valence-electron chi connectivity index (χ1n) is 5.58. The minimum Gasteiger partial charge on any atom is -0.365 e. The summed E-state index contributed by atoms with van der Waals surface area (Å²) in [6.45, 7) is 2.34. The highest BCUT2D eigenvalue weighted by Gasteiger charge is 2.10. The summed E-state index contributed by atoms with van der Waals surface area (Å²) >= 11 is 0. The molecule has 0 aliphatic rings. The van der Waals surface area contributed by atoms with Crippen molar-refractivity contribution >= 4 is 11.7 Å². The van der Waals surface area contributed by atoms with E-state index in [0.29, 0.717) is 23.8 Å². The lowest BCUT2D eigenvalue weighted by atomic mass is 10.2. The van der Waals surface area contributed by atoms with Crippen LogP contribution in [0.1, 0.15) is 21.7 Å². The molecule has 1 aromatic heterocycles. The highest BCUT2D eigenvalue weighted by Crippen LogP contribution is 2.12. The van der Waals surface area contributed by atoms with E-state index in [-0.39, 0.29) is 0 Å². The molecule has 18 heavy (non-hydrogen) atoms. The summed E-state index contributed by atoms with van der Waals surface area (Å²) in [6, 6.07) is 9.84.